The normalized spacial score (nSPS) is 14.5. The monoisotopic (exact) mass is 211 g/mol. The third-order valence-corrected chi connectivity index (χ3v) is 2.23. The topological polar surface area (TPSA) is 92.8 Å². The molecule has 0 bridgehead atoms. The Labute approximate surface area is 78.5 Å². The van der Waals surface area contributed by atoms with Crippen molar-refractivity contribution < 1.29 is 18.9 Å². The van der Waals surface area contributed by atoms with E-state index in [0.717, 1.165) is 12.8 Å². The molecule has 0 aromatic heterocycles. The quantitative estimate of drug-likeness (QED) is 0.546. The van der Waals surface area contributed by atoms with E-state index in [0.29, 0.717) is 19.4 Å². The summed E-state index contributed by atoms with van der Waals surface area (Å²) in [4.78, 5) is 17.1. The molecule has 0 aliphatic rings. The fourth-order valence-corrected chi connectivity index (χ4v) is 1.66. The number of nitrogens with two attached hydrogens (primary N) is 1. The van der Waals surface area contributed by atoms with Crippen molar-refractivity contribution in [2.45, 2.75) is 38.7 Å². The Hall–Kier alpha value is 0.0700. The van der Waals surface area contributed by atoms with Gasteiger partial charge < -0.3 is 15.5 Å². The lowest BCUT2D eigenvalue weighted by molar-refractivity contribution is 0.120. The van der Waals surface area contributed by atoms with E-state index < -0.39 is 13.9 Å². The number of hydrogen-bond acceptors (Lipinski definition) is 3. The molecule has 13 heavy (non-hydrogen) atoms. The standard InChI is InChI=1S/C7H18NO4P/c1-2-3-4-7(5-6-8)12-13(9,10)11/h7H,2-6,8H2,1H3,(H2,9,10,11). The van der Waals surface area contributed by atoms with Gasteiger partial charge in [-0.2, -0.15) is 0 Å². The molecule has 5 nitrogen and oxygen atoms in total. The number of hydrogen-bond donors (Lipinski definition) is 3. The summed E-state index contributed by atoms with van der Waals surface area (Å²) in [5.74, 6) is 0. The van der Waals surface area contributed by atoms with E-state index in [1.54, 1.807) is 0 Å². The van der Waals surface area contributed by atoms with Crippen molar-refractivity contribution in [2.75, 3.05) is 6.54 Å². The summed E-state index contributed by atoms with van der Waals surface area (Å²) in [6, 6.07) is 0. The Balaban J connectivity index is 3.86. The first-order valence-electron chi connectivity index (χ1n) is 4.43. The first-order chi connectivity index (χ1) is 5.99. The van der Waals surface area contributed by atoms with Crippen LogP contribution in [0, 0.1) is 0 Å². The smallest absolute Gasteiger partial charge is 0.330 e. The van der Waals surface area contributed by atoms with Crippen LogP contribution in [0.5, 0.6) is 0 Å². The Kier molecular flexibility index (Phi) is 6.55. The Bertz CT molecular complexity index is 170. The molecule has 0 rings (SSSR count). The van der Waals surface area contributed by atoms with Gasteiger partial charge in [0.1, 0.15) is 0 Å². The summed E-state index contributed by atoms with van der Waals surface area (Å²) < 4.78 is 15.1. The van der Waals surface area contributed by atoms with E-state index in [-0.39, 0.29) is 0 Å². The fourth-order valence-electron chi connectivity index (χ4n) is 1.06. The summed E-state index contributed by atoms with van der Waals surface area (Å²) in [6.07, 6.45) is 2.60. The summed E-state index contributed by atoms with van der Waals surface area (Å²) in [6.45, 7) is 2.39. The summed E-state index contributed by atoms with van der Waals surface area (Å²) >= 11 is 0. The van der Waals surface area contributed by atoms with Crippen LogP contribution in [0.3, 0.4) is 0 Å². The highest BCUT2D eigenvalue weighted by Crippen LogP contribution is 2.39. The van der Waals surface area contributed by atoms with Crippen LogP contribution in [0.25, 0.3) is 0 Å². The van der Waals surface area contributed by atoms with E-state index >= 15 is 0 Å². The van der Waals surface area contributed by atoms with Gasteiger partial charge in [0, 0.05) is 0 Å². The molecular weight excluding hydrogens is 193 g/mol. The van der Waals surface area contributed by atoms with Crippen molar-refractivity contribution in [1.29, 1.82) is 0 Å². The highest BCUT2D eigenvalue weighted by Gasteiger charge is 2.20. The predicted octanol–water partition coefficient (Wildman–Crippen LogP) is 1.00. The second-order valence-corrected chi connectivity index (χ2v) is 4.13. The average Bonchev–Trinajstić information content (AvgIpc) is 1.98. The maximum Gasteiger partial charge on any atom is 0.469 e. The molecule has 0 radical (unpaired) electrons. The Morgan fingerprint density at radius 3 is 2.46 bits per heavy atom. The van der Waals surface area contributed by atoms with Crippen molar-refractivity contribution in [3.63, 3.8) is 0 Å². The van der Waals surface area contributed by atoms with Crippen LogP contribution in [0.1, 0.15) is 32.6 Å². The summed E-state index contributed by atoms with van der Waals surface area (Å²) in [7, 11) is -4.35. The van der Waals surface area contributed by atoms with Gasteiger partial charge in [0.25, 0.3) is 0 Å². The molecule has 0 aromatic carbocycles. The maximum atomic E-state index is 10.5. The van der Waals surface area contributed by atoms with E-state index in [4.69, 9.17) is 15.5 Å². The van der Waals surface area contributed by atoms with Crippen LogP contribution in [-0.4, -0.2) is 22.4 Å². The minimum atomic E-state index is -4.35. The molecule has 0 heterocycles. The first kappa shape index (κ1) is 13.1. The molecule has 0 saturated carbocycles. The van der Waals surface area contributed by atoms with Crippen LogP contribution in [0.4, 0.5) is 0 Å². The molecule has 0 saturated heterocycles. The average molecular weight is 211 g/mol. The molecule has 0 aromatic rings. The molecule has 80 valence electrons. The van der Waals surface area contributed by atoms with E-state index in [2.05, 4.69) is 4.52 Å². The number of phosphoric ester groups is 1. The fraction of sp³-hybridized carbons (Fsp3) is 1.00. The van der Waals surface area contributed by atoms with Crippen LogP contribution in [0.15, 0.2) is 0 Å². The van der Waals surface area contributed by atoms with Gasteiger partial charge in [0.15, 0.2) is 0 Å². The van der Waals surface area contributed by atoms with Gasteiger partial charge in [-0.1, -0.05) is 19.8 Å². The summed E-state index contributed by atoms with van der Waals surface area (Å²) in [5.41, 5.74) is 5.29. The molecular formula is C7H18NO4P. The second kappa shape index (κ2) is 6.51. The van der Waals surface area contributed by atoms with Crippen molar-refractivity contribution in [1.82, 2.24) is 0 Å². The van der Waals surface area contributed by atoms with Crippen LogP contribution >= 0.6 is 7.82 Å². The third-order valence-electron chi connectivity index (χ3n) is 1.65. The maximum absolute atomic E-state index is 10.5. The largest absolute Gasteiger partial charge is 0.469 e. The van der Waals surface area contributed by atoms with Crippen molar-refractivity contribution >= 4 is 7.82 Å². The zero-order valence-electron chi connectivity index (χ0n) is 7.85. The van der Waals surface area contributed by atoms with E-state index in [1.807, 2.05) is 6.92 Å². The molecule has 0 spiro atoms. The lowest BCUT2D eigenvalue weighted by Crippen LogP contribution is -2.16. The minimum absolute atomic E-state index is 0.383. The number of phosphoric acid groups is 1. The third kappa shape index (κ3) is 8.40. The highest BCUT2D eigenvalue weighted by atomic mass is 31.2. The molecule has 0 aliphatic carbocycles. The molecule has 1 atom stereocenters. The first-order valence-corrected chi connectivity index (χ1v) is 5.96. The van der Waals surface area contributed by atoms with Gasteiger partial charge in [0.05, 0.1) is 6.10 Å². The Morgan fingerprint density at radius 2 is 2.08 bits per heavy atom. The predicted molar refractivity (Wildman–Crippen MR) is 50.1 cm³/mol. The van der Waals surface area contributed by atoms with Crippen LogP contribution in [0.2, 0.25) is 0 Å². The zero-order chi connectivity index (χ0) is 10.3. The molecule has 0 aliphatic heterocycles. The van der Waals surface area contributed by atoms with Gasteiger partial charge >= 0.3 is 7.82 Å². The molecule has 6 heteroatoms. The highest BCUT2D eigenvalue weighted by molar-refractivity contribution is 7.46. The van der Waals surface area contributed by atoms with Crippen LogP contribution < -0.4 is 5.73 Å². The molecule has 0 amide bonds. The van der Waals surface area contributed by atoms with Crippen LogP contribution in [-0.2, 0) is 9.09 Å². The van der Waals surface area contributed by atoms with Gasteiger partial charge in [-0.25, -0.2) is 4.57 Å². The van der Waals surface area contributed by atoms with Gasteiger partial charge in [-0.15, -0.1) is 0 Å². The van der Waals surface area contributed by atoms with Crippen molar-refractivity contribution in [3.8, 4) is 0 Å². The molecule has 4 N–H and O–H groups in total. The Morgan fingerprint density at radius 1 is 1.46 bits per heavy atom. The van der Waals surface area contributed by atoms with E-state index in [1.165, 1.54) is 0 Å². The van der Waals surface area contributed by atoms with E-state index in [9.17, 15) is 4.57 Å². The van der Waals surface area contributed by atoms with Gasteiger partial charge in [0.2, 0.25) is 0 Å². The van der Waals surface area contributed by atoms with Crippen molar-refractivity contribution in [2.24, 2.45) is 5.73 Å². The summed E-state index contributed by atoms with van der Waals surface area (Å²) in [5, 5.41) is 0. The number of rotatable bonds is 7. The zero-order valence-corrected chi connectivity index (χ0v) is 8.74. The van der Waals surface area contributed by atoms with Gasteiger partial charge in [-0.05, 0) is 19.4 Å². The number of unbranched alkanes of at least 4 members (excludes halogenated alkanes) is 1. The van der Waals surface area contributed by atoms with Crippen molar-refractivity contribution in [3.05, 3.63) is 0 Å². The molecule has 1 unspecified atom stereocenters. The van der Waals surface area contributed by atoms with Gasteiger partial charge in [-0.3, -0.25) is 4.52 Å². The minimum Gasteiger partial charge on any atom is -0.330 e. The lowest BCUT2D eigenvalue weighted by atomic mass is 10.1. The molecule has 0 fully saturated rings. The lowest BCUT2D eigenvalue weighted by Gasteiger charge is -2.16. The SMILES string of the molecule is CCCCC(CCN)OP(=O)(O)O. The second-order valence-electron chi connectivity index (χ2n) is 2.94.